The van der Waals surface area contributed by atoms with Crippen molar-refractivity contribution in [3.05, 3.63) is 71.5 Å². The van der Waals surface area contributed by atoms with Crippen LogP contribution in [0.3, 0.4) is 0 Å². The minimum absolute atomic E-state index is 0.00387. The van der Waals surface area contributed by atoms with Crippen molar-refractivity contribution in [2.24, 2.45) is 0 Å². The Morgan fingerprint density at radius 1 is 1.00 bits per heavy atom. The van der Waals surface area contributed by atoms with Gasteiger partial charge in [-0.15, -0.1) is 0 Å². The number of alkyl halides is 2. The van der Waals surface area contributed by atoms with Crippen molar-refractivity contribution >= 4 is 0 Å². The van der Waals surface area contributed by atoms with E-state index in [9.17, 15) is 13.2 Å². The van der Waals surface area contributed by atoms with Gasteiger partial charge in [0.1, 0.15) is 11.9 Å². The molecular formula is C17H17F3O2. The van der Waals surface area contributed by atoms with Gasteiger partial charge in [0.15, 0.2) is 0 Å². The van der Waals surface area contributed by atoms with Gasteiger partial charge < -0.3 is 9.84 Å². The Labute approximate surface area is 127 Å². The van der Waals surface area contributed by atoms with E-state index in [0.29, 0.717) is 0 Å². The van der Waals surface area contributed by atoms with Crippen LogP contribution in [0, 0.1) is 5.82 Å². The molecule has 0 aliphatic rings. The van der Waals surface area contributed by atoms with E-state index in [4.69, 9.17) is 9.84 Å². The first kappa shape index (κ1) is 16.5. The molecule has 0 bridgehead atoms. The third-order valence-corrected chi connectivity index (χ3v) is 3.26. The average molecular weight is 310 g/mol. The third kappa shape index (κ3) is 4.32. The first-order valence-electron chi connectivity index (χ1n) is 6.92. The molecule has 0 heterocycles. The van der Waals surface area contributed by atoms with E-state index in [-0.39, 0.29) is 12.2 Å². The van der Waals surface area contributed by atoms with Crippen LogP contribution in [0.5, 0.6) is 0 Å². The lowest BCUT2D eigenvalue weighted by Gasteiger charge is -2.27. The van der Waals surface area contributed by atoms with Crippen LogP contribution in [0.25, 0.3) is 0 Å². The van der Waals surface area contributed by atoms with E-state index in [1.807, 2.05) is 6.07 Å². The fourth-order valence-corrected chi connectivity index (χ4v) is 2.13. The zero-order chi connectivity index (χ0) is 16.0. The van der Waals surface area contributed by atoms with Gasteiger partial charge in [0.25, 0.3) is 5.92 Å². The van der Waals surface area contributed by atoms with Crippen molar-refractivity contribution in [2.45, 2.75) is 25.1 Å². The summed E-state index contributed by atoms with van der Waals surface area (Å²) in [6.07, 6.45) is -2.26. The van der Waals surface area contributed by atoms with Crippen molar-refractivity contribution in [3.8, 4) is 0 Å². The molecule has 1 N–H and O–H groups in total. The van der Waals surface area contributed by atoms with Crippen LogP contribution in [-0.2, 0) is 11.3 Å². The molecule has 0 aliphatic carbocycles. The summed E-state index contributed by atoms with van der Waals surface area (Å²) in [5.41, 5.74) is 0.935. The van der Waals surface area contributed by atoms with E-state index >= 15 is 0 Å². The van der Waals surface area contributed by atoms with Crippen LogP contribution in [0.4, 0.5) is 13.2 Å². The highest BCUT2D eigenvalue weighted by Crippen LogP contribution is 2.37. The van der Waals surface area contributed by atoms with Crippen LogP contribution >= 0.6 is 0 Å². The monoisotopic (exact) mass is 310 g/mol. The largest absolute Gasteiger partial charge is 0.396 e. The molecule has 0 saturated carbocycles. The summed E-state index contributed by atoms with van der Waals surface area (Å²) < 4.78 is 46.8. The number of aliphatic hydroxyl groups excluding tert-OH is 1. The number of ether oxygens (including phenoxy) is 1. The maximum Gasteiger partial charge on any atom is 0.280 e. The Hall–Kier alpha value is -1.85. The van der Waals surface area contributed by atoms with Crippen molar-refractivity contribution in [2.75, 3.05) is 6.61 Å². The fourth-order valence-electron chi connectivity index (χ4n) is 2.13. The Kier molecular flexibility index (Phi) is 5.57. The summed E-state index contributed by atoms with van der Waals surface area (Å²) in [6, 6.07) is 13.7. The minimum atomic E-state index is -3.25. The Morgan fingerprint density at radius 3 is 2.23 bits per heavy atom. The second-order valence-corrected chi connectivity index (χ2v) is 4.96. The maximum absolute atomic E-state index is 14.2. The van der Waals surface area contributed by atoms with Crippen molar-refractivity contribution in [1.82, 2.24) is 0 Å². The van der Waals surface area contributed by atoms with Gasteiger partial charge in [-0.25, -0.2) is 13.2 Å². The second-order valence-electron chi connectivity index (χ2n) is 4.96. The van der Waals surface area contributed by atoms with E-state index in [1.54, 1.807) is 24.3 Å². The van der Waals surface area contributed by atoms with Crippen molar-refractivity contribution < 1.29 is 23.0 Å². The topological polar surface area (TPSA) is 29.5 Å². The summed E-state index contributed by atoms with van der Waals surface area (Å²) in [5.74, 6) is -3.75. The zero-order valence-corrected chi connectivity index (χ0v) is 11.9. The second kappa shape index (κ2) is 7.42. The number of hydrogen-bond acceptors (Lipinski definition) is 2. The minimum Gasteiger partial charge on any atom is -0.396 e. The molecular weight excluding hydrogens is 293 g/mol. The summed E-state index contributed by atoms with van der Waals surface area (Å²) >= 11 is 0. The Bertz CT molecular complexity index is 570. The summed E-state index contributed by atoms with van der Waals surface area (Å²) in [5, 5.41) is 8.83. The lowest BCUT2D eigenvalue weighted by Crippen LogP contribution is -2.29. The highest BCUT2D eigenvalue weighted by molar-refractivity contribution is 5.21. The molecule has 1 atom stereocenters. The van der Waals surface area contributed by atoms with Gasteiger partial charge in [-0.2, -0.15) is 0 Å². The number of benzene rings is 2. The molecule has 118 valence electrons. The molecule has 0 aromatic heterocycles. The zero-order valence-electron chi connectivity index (χ0n) is 11.9. The SMILES string of the molecule is OCCC(F)(F)C(OCc1ccccc1)c1ccc(F)cc1. The van der Waals surface area contributed by atoms with Gasteiger partial charge in [-0.1, -0.05) is 42.5 Å². The number of aliphatic hydroxyl groups is 1. The maximum atomic E-state index is 14.2. The Balaban J connectivity index is 2.19. The normalized spacial score (nSPS) is 13.1. The third-order valence-electron chi connectivity index (χ3n) is 3.26. The van der Waals surface area contributed by atoms with E-state index in [0.717, 1.165) is 17.7 Å². The van der Waals surface area contributed by atoms with Gasteiger partial charge in [0, 0.05) is 13.0 Å². The van der Waals surface area contributed by atoms with Crippen LogP contribution in [0.1, 0.15) is 23.7 Å². The van der Waals surface area contributed by atoms with Gasteiger partial charge in [0.05, 0.1) is 6.61 Å². The molecule has 0 radical (unpaired) electrons. The molecule has 2 rings (SSSR count). The molecule has 0 fully saturated rings. The van der Waals surface area contributed by atoms with Gasteiger partial charge in [-0.05, 0) is 23.3 Å². The van der Waals surface area contributed by atoms with E-state index < -0.39 is 30.9 Å². The average Bonchev–Trinajstić information content (AvgIpc) is 2.50. The highest BCUT2D eigenvalue weighted by Gasteiger charge is 2.41. The number of hydrogen-bond donors (Lipinski definition) is 1. The molecule has 22 heavy (non-hydrogen) atoms. The molecule has 2 nitrogen and oxygen atoms in total. The molecule has 2 aromatic rings. The fraction of sp³-hybridized carbons (Fsp3) is 0.294. The molecule has 0 amide bonds. The molecule has 0 spiro atoms. The van der Waals surface area contributed by atoms with Crippen molar-refractivity contribution in [1.29, 1.82) is 0 Å². The van der Waals surface area contributed by atoms with E-state index in [1.165, 1.54) is 12.1 Å². The van der Waals surface area contributed by atoms with Gasteiger partial charge in [-0.3, -0.25) is 0 Å². The highest BCUT2D eigenvalue weighted by atomic mass is 19.3. The van der Waals surface area contributed by atoms with Crippen molar-refractivity contribution in [3.63, 3.8) is 0 Å². The van der Waals surface area contributed by atoms with E-state index in [2.05, 4.69) is 0 Å². The standard InChI is InChI=1S/C17H17F3O2/c18-15-8-6-14(7-9-15)16(17(19,20)10-11-21)22-12-13-4-2-1-3-5-13/h1-9,16,21H,10-12H2. The quantitative estimate of drug-likeness (QED) is 0.834. The smallest absolute Gasteiger partial charge is 0.280 e. The lowest BCUT2D eigenvalue weighted by molar-refractivity contribution is -0.154. The molecule has 2 aromatic carbocycles. The molecule has 5 heteroatoms. The summed E-state index contributed by atoms with van der Waals surface area (Å²) in [6.45, 7) is -0.650. The predicted molar refractivity (Wildman–Crippen MR) is 77.0 cm³/mol. The van der Waals surface area contributed by atoms with Gasteiger partial charge >= 0.3 is 0 Å². The van der Waals surface area contributed by atoms with Crippen LogP contribution < -0.4 is 0 Å². The van der Waals surface area contributed by atoms with Crippen LogP contribution in [-0.4, -0.2) is 17.6 Å². The summed E-state index contributed by atoms with van der Waals surface area (Å²) in [4.78, 5) is 0. The number of rotatable bonds is 7. The Morgan fingerprint density at radius 2 is 1.64 bits per heavy atom. The first-order chi connectivity index (χ1) is 10.5. The molecule has 0 saturated heterocycles. The molecule has 1 unspecified atom stereocenters. The van der Waals surface area contributed by atoms with Crippen LogP contribution in [0.2, 0.25) is 0 Å². The number of halogens is 3. The van der Waals surface area contributed by atoms with Gasteiger partial charge in [0.2, 0.25) is 0 Å². The first-order valence-corrected chi connectivity index (χ1v) is 6.92. The van der Waals surface area contributed by atoms with Crippen LogP contribution in [0.15, 0.2) is 54.6 Å². The predicted octanol–water partition coefficient (Wildman–Crippen LogP) is 4.10. The lowest BCUT2D eigenvalue weighted by atomic mass is 10.0. The molecule has 0 aliphatic heterocycles. The summed E-state index contributed by atoms with van der Waals surface area (Å²) in [7, 11) is 0.